The predicted octanol–water partition coefficient (Wildman–Crippen LogP) is 4.70. The molecule has 0 bridgehead atoms. The molecule has 0 fully saturated rings. The van der Waals surface area contributed by atoms with Crippen LogP contribution < -0.4 is 5.32 Å². The van der Waals surface area contributed by atoms with Gasteiger partial charge in [0.15, 0.2) is 0 Å². The molecule has 4 nitrogen and oxygen atoms in total. The zero-order chi connectivity index (χ0) is 22.8. The van der Waals surface area contributed by atoms with Crippen molar-refractivity contribution >= 4 is 11.8 Å². The fraction of sp³-hybridized carbons (Fsp3) is 0.286. The van der Waals surface area contributed by atoms with Crippen LogP contribution in [0.5, 0.6) is 0 Å². The number of carbonyl (C=O) groups excluding carboxylic acids is 2. The molecule has 1 N–H and O–H groups in total. The smallest absolute Gasteiger partial charge is 0.243 e. The van der Waals surface area contributed by atoms with E-state index in [1.165, 1.54) is 0 Å². The molecular weight excluding hydrogens is 396 g/mol. The molecule has 0 aromatic heterocycles. The van der Waals surface area contributed by atoms with Crippen LogP contribution in [0.3, 0.4) is 0 Å². The zero-order valence-corrected chi connectivity index (χ0v) is 19.0. The van der Waals surface area contributed by atoms with Gasteiger partial charge in [0.2, 0.25) is 11.8 Å². The van der Waals surface area contributed by atoms with Gasteiger partial charge in [-0.15, -0.1) is 0 Å². The molecule has 0 unspecified atom stereocenters. The first-order chi connectivity index (χ1) is 15.6. The van der Waals surface area contributed by atoms with Gasteiger partial charge in [0.1, 0.15) is 6.04 Å². The zero-order valence-electron chi connectivity index (χ0n) is 19.0. The van der Waals surface area contributed by atoms with E-state index in [0.29, 0.717) is 19.5 Å². The van der Waals surface area contributed by atoms with E-state index in [2.05, 4.69) is 11.4 Å². The van der Waals surface area contributed by atoms with Gasteiger partial charge in [-0.1, -0.05) is 97.4 Å². The van der Waals surface area contributed by atoms with E-state index in [0.717, 1.165) is 28.7 Å². The summed E-state index contributed by atoms with van der Waals surface area (Å²) >= 11 is 0. The van der Waals surface area contributed by atoms with E-state index in [-0.39, 0.29) is 18.2 Å². The van der Waals surface area contributed by atoms with E-state index in [1.807, 2.05) is 92.7 Å². The lowest BCUT2D eigenvalue weighted by atomic mass is 10.0. The van der Waals surface area contributed by atoms with Crippen LogP contribution in [0.4, 0.5) is 0 Å². The van der Waals surface area contributed by atoms with Crippen molar-refractivity contribution in [2.24, 2.45) is 0 Å². The molecule has 0 saturated carbocycles. The third-order valence-corrected chi connectivity index (χ3v) is 5.45. The van der Waals surface area contributed by atoms with Gasteiger partial charge >= 0.3 is 0 Å². The van der Waals surface area contributed by atoms with Crippen LogP contribution in [0.1, 0.15) is 35.6 Å². The fourth-order valence-electron chi connectivity index (χ4n) is 3.80. The summed E-state index contributed by atoms with van der Waals surface area (Å²) < 4.78 is 0. The molecule has 3 aromatic rings. The molecule has 0 saturated heterocycles. The number of benzene rings is 3. The van der Waals surface area contributed by atoms with Gasteiger partial charge in [-0.05, 0) is 30.0 Å². The molecule has 3 rings (SSSR count). The lowest BCUT2D eigenvalue weighted by Gasteiger charge is -2.32. The van der Waals surface area contributed by atoms with Gasteiger partial charge in [0.05, 0.1) is 6.42 Å². The van der Waals surface area contributed by atoms with Crippen LogP contribution in [0.25, 0.3) is 0 Å². The van der Waals surface area contributed by atoms with Crippen LogP contribution >= 0.6 is 0 Å². The largest absolute Gasteiger partial charge is 0.354 e. The van der Waals surface area contributed by atoms with Crippen molar-refractivity contribution in [2.45, 2.75) is 45.7 Å². The molecule has 4 heteroatoms. The number of amides is 2. The maximum atomic E-state index is 13.6. The molecule has 2 amide bonds. The Morgan fingerprint density at radius 2 is 1.47 bits per heavy atom. The maximum Gasteiger partial charge on any atom is 0.243 e. The van der Waals surface area contributed by atoms with Gasteiger partial charge in [0.25, 0.3) is 0 Å². The molecule has 0 aliphatic heterocycles. The molecule has 3 aromatic carbocycles. The molecule has 0 aliphatic carbocycles. The van der Waals surface area contributed by atoms with Gasteiger partial charge in [-0.25, -0.2) is 0 Å². The number of carbonyl (C=O) groups is 2. The Hall–Kier alpha value is -3.40. The van der Waals surface area contributed by atoms with Crippen LogP contribution in [-0.2, 0) is 29.0 Å². The average Bonchev–Trinajstić information content (AvgIpc) is 2.81. The van der Waals surface area contributed by atoms with Gasteiger partial charge in [0, 0.05) is 19.5 Å². The third-order valence-electron chi connectivity index (χ3n) is 5.45. The van der Waals surface area contributed by atoms with E-state index in [9.17, 15) is 9.59 Å². The molecule has 0 heterocycles. The molecule has 0 radical (unpaired) electrons. The van der Waals surface area contributed by atoms with Gasteiger partial charge in [-0.3, -0.25) is 9.59 Å². The number of hydrogen-bond acceptors (Lipinski definition) is 2. The summed E-state index contributed by atoms with van der Waals surface area (Å²) in [7, 11) is 0. The monoisotopic (exact) mass is 428 g/mol. The third kappa shape index (κ3) is 6.81. The number of rotatable bonds is 10. The Labute approximate surface area is 191 Å². The lowest BCUT2D eigenvalue weighted by molar-refractivity contribution is -0.140. The molecule has 166 valence electrons. The summed E-state index contributed by atoms with van der Waals surface area (Å²) in [5, 5.41) is 3.02. The Morgan fingerprint density at radius 1 is 0.844 bits per heavy atom. The summed E-state index contributed by atoms with van der Waals surface area (Å²) in [6, 6.07) is 27.1. The second-order valence-electron chi connectivity index (χ2n) is 8.17. The quantitative estimate of drug-likeness (QED) is 0.509. The van der Waals surface area contributed by atoms with Crippen molar-refractivity contribution in [3.63, 3.8) is 0 Å². The standard InChI is InChI=1S/C28H32N2O2/c1-3-17-29-28(32)26(19-23-12-6-4-7-13-23)30(21-25-16-10-11-22(2)18-25)27(31)20-24-14-8-5-9-15-24/h4-16,18,26H,3,17,19-21H2,1-2H3,(H,29,32)/t26-/m0/s1. The average molecular weight is 429 g/mol. The van der Waals surface area contributed by atoms with E-state index in [1.54, 1.807) is 4.90 Å². The second-order valence-corrected chi connectivity index (χ2v) is 8.17. The van der Waals surface area contributed by atoms with E-state index < -0.39 is 6.04 Å². The summed E-state index contributed by atoms with van der Waals surface area (Å²) in [6.45, 7) is 5.05. The van der Waals surface area contributed by atoms with E-state index in [4.69, 9.17) is 0 Å². The highest BCUT2D eigenvalue weighted by Crippen LogP contribution is 2.17. The lowest BCUT2D eigenvalue weighted by Crippen LogP contribution is -2.51. The maximum absolute atomic E-state index is 13.6. The first kappa shape index (κ1) is 23.3. The fourth-order valence-corrected chi connectivity index (χ4v) is 3.80. The summed E-state index contributed by atoms with van der Waals surface area (Å²) in [5.41, 5.74) is 4.13. The predicted molar refractivity (Wildman–Crippen MR) is 129 cm³/mol. The topological polar surface area (TPSA) is 49.4 Å². The number of nitrogens with one attached hydrogen (secondary N) is 1. The molecular formula is C28H32N2O2. The first-order valence-corrected chi connectivity index (χ1v) is 11.3. The Balaban J connectivity index is 1.94. The first-order valence-electron chi connectivity index (χ1n) is 11.3. The summed E-state index contributed by atoms with van der Waals surface area (Å²) in [5.74, 6) is -0.157. The van der Waals surface area contributed by atoms with Crippen molar-refractivity contribution in [3.8, 4) is 0 Å². The number of hydrogen-bond donors (Lipinski definition) is 1. The molecule has 0 aliphatic rings. The second kappa shape index (κ2) is 11.8. The highest BCUT2D eigenvalue weighted by Gasteiger charge is 2.30. The van der Waals surface area contributed by atoms with Crippen molar-refractivity contribution in [1.82, 2.24) is 10.2 Å². The van der Waals surface area contributed by atoms with Crippen LogP contribution in [0.2, 0.25) is 0 Å². The molecule has 1 atom stereocenters. The van der Waals surface area contributed by atoms with Crippen molar-refractivity contribution in [3.05, 3.63) is 107 Å². The Bertz CT molecular complexity index is 1000. The molecule has 32 heavy (non-hydrogen) atoms. The number of aryl methyl sites for hydroxylation is 1. The number of nitrogens with zero attached hydrogens (tertiary/aromatic N) is 1. The van der Waals surface area contributed by atoms with E-state index >= 15 is 0 Å². The molecule has 0 spiro atoms. The summed E-state index contributed by atoms with van der Waals surface area (Å²) in [6.07, 6.45) is 1.58. The normalized spacial score (nSPS) is 11.6. The summed E-state index contributed by atoms with van der Waals surface area (Å²) in [4.78, 5) is 28.6. The van der Waals surface area contributed by atoms with Crippen LogP contribution in [-0.4, -0.2) is 29.3 Å². The van der Waals surface area contributed by atoms with Crippen LogP contribution in [0, 0.1) is 6.92 Å². The van der Waals surface area contributed by atoms with Crippen molar-refractivity contribution in [2.75, 3.05) is 6.54 Å². The minimum atomic E-state index is -0.583. The van der Waals surface area contributed by atoms with Gasteiger partial charge < -0.3 is 10.2 Å². The van der Waals surface area contributed by atoms with Gasteiger partial charge in [-0.2, -0.15) is 0 Å². The van der Waals surface area contributed by atoms with Crippen molar-refractivity contribution in [1.29, 1.82) is 0 Å². The minimum absolute atomic E-state index is 0.0507. The van der Waals surface area contributed by atoms with Crippen molar-refractivity contribution < 1.29 is 9.59 Å². The highest BCUT2D eigenvalue weighted by atomic mass is 16.2. The Kier molecular flexibility index (Phi) is 8.61. The SMILES string of the molecule is CCCNC(=O)[C@H](Cc1ccccc1)N(Cc1cccc(C)c1)C(=O)Cc1ccccc1. The minimum Gasteiger partial charge on any atom is -0.354 e. The highest BCUT2D eigenvalue weighted by molar-refractivity contribution is 5.88. The van der Waals surface area contributed by atoms with Crippen LogP contribution in [0.15, 0.2) is 84.9 Å². The Morgan fingerprint density at radius 3 is 2.09 bits per heavy atom.